The van der Waals surface area contributed by atoms with Gasteiger partial charge in [0.1, 0.15) is 0 Å². The minimum absolute atomic E-state index is 0.423. The van der Waals surface area contributed by atoms with Gasteiger partial charge in [-0.25, -0.2) is 0 Å². The van der Waals surface area contributed by atoms with E-state index in [1.54, 1.807) is 0 Å². The number of hydrogen-bond acceptors (Lipinski definition) is 0. The standard InChI is InChI=1S/C98H64/c1-4-25-65(26-5-1)76-39-22-41-82(62-76)97(83-42-23-40-77(63-83)66-27-6-2-7-28-66)90-48-14-10-45-87(90)88-54-53-78(64-95(88)97)74-37-20-35-72(57-74)70-33-18-31-68(55-70)69-32-19-34-71(56-69)73-36-21-38-75(58-73)80-59-79(67-29-8-3-9-30-67)60-81(61-80)84-47-24-52-94-96(84)89-46-13-17-51-93(89)98(94)91-49-15-11-43-85(91)86-44-12-16-50-92(86)98/h1-64H. The van der Waals surface area contributed by atoms with Gasteiger partial charge in [0.05, 0.1) is 10.8 Å². The maximum absolute atomic E-state index is 2.49. The molecule has 0 heterocycles. The minimum atomic E-state index is -0.616. The molecule has 19 rings (SSSR count). The first-order chi connectivity index (χ1) is 48.6. The van der Waals surface area contributed by atoms with Crippen LogP contribution in [0.1, 0.15) is 44.5 Å². The van der Waals surface area contributed by atoms with Gasteiger partial charge in [0.2, 0.25) is 0 Å². The van der Waals surface area contributed by atoms with E-state index in [4.69, 9.17) is 0 Å². The molecular formula is C98H64. The van der Waals surface area contributed by atoms with Crippen molar-refractivity contribution in [3.05, 3.63) is 433 Å². The van der Waals surface area contributed by atoms with Gasteiger partial charge in [-0.1, -0.05) is 328 Å². The number of hydrogen-bond donors (Lipinski definition) is 0. The molecule has 98 heavy (non-hydrogen) atoms. The zero-order valence-electron chi connectivity index (χ0n) is 54.0. The van der Waals surface area contributed by atoms with Crippen LogP contribution < -0.4 is 0 Å². The zero-order valence-corrected chi connectivity index (χ0v) is 54.0. The van der Waals surface area contributed by atoms with E-state index in [9.17, 15) is 0 Å². The first-order valence-electron chi connectivity index (χ1n) is 34.2. The van der Waals surface area contributed by atoms with E-state index in [0.717, 1.165) is 0 Å². The van der Waals surface area contributed by atoms with Crippen molar-refractivity contribution in [3.63, 3.8) is 0 Å². The van der Waals surface area contributed by atoms with Gasteiger partial charge in [-0.2, -0.15) is 0 Å². The highest BCUT2D eigenvalue weighted by Crippen LogP contribution is 2.64. The van der Waals surface area contributed by atoms with Crippen LogP contribution in [0.15, 0.2) is 388 Å². The Morgan fingerprint density at radius 2 is 0.388 bits per heavy atom. The van der Waals surface area contributed by atoms with Crippen molar-refractivity contribution >= 4 is 0 Å². The molecule has 0 unspecified atom stereocenters. The highest BCUT2D eigenvalue weighted by Gasteiger charge is 2.52. The van der Waals surface area contributed by atoms with Gasteiger partial charge in [-0.3, -0.25) is 0 Å². The Labute approximate surface area is 573 Å². The van der Waals surface area contributed by atoms with Gasteiger partial charge in [0.25, 0.3) is 0 Å². The van der Waals surface area contributed by atoms with Gasteiger partial charge in [-0.15, -0.1) is 0 Å². The van der Waals surface area contributed by atoms with Crippen molar-refractivity contribution in [1.82, 2.24) is 0 Å². The van der Waals surface area contributed by atoms with Gasteiger partial charge in [0.15, 0.2) is 0 Å². The van der Waals surface area contributed by atoms with Crippen LogP contribution in [0, 0.1) is 0 Å². The summed E-state index contributed by atoms with van der Waals surface area (Å²) >= 11 is 0. The average molecular weight is 1240 g/mol. The Morgan fingerprint density at radius 3 is 0.837 bits per heavy atom. The minimum Gasteiger partial charge on any atom is -0.0622 e. The van der Waals surface area contributed by atoms with E-state index < -0.39 is 10.8 Å². The lowest BCUT2D eigenvalue weighted by Gasteiger charge is -2.35. The third kappa shape index (κ3) is 9.06. The fraction of sp³-hybridized carbons (Fsp3) is 0.0204. The summed E-state index contributed by atoms with van der Waals surface area (Å²) in [5, 5.41) is 0. The summed E-state index contributed by atoms with van der Waals surface area (Å²) in [6.07, 6.45) is 0. The molecule has 3 aliphatic rings. The molecule has 0 nitrogen and oxygen atoms in total. The lowest BCUT2D eigenvalue weighted by molar-refractivity contribution is 0.769. The molecule has 0 fully saturated rings. The predicted octanol–water partition coefficient (Wildman–Crippen LogP) is 25.4. The lowest BCUT2D eigenvalue weighted by atomic mass is 9.66. The molecule has 0 radical (unpaired) electrons. The monoisotopic (exact) mass is 1240 g/mol. The maximum atomic E-state index is 2.49. The molecule has 0 N–H and O–H groups in total. The van der Waals surface area contributed by atoms with Crippen LogP contribution in [0.3, 0.4) is 0 Å². The maximum Gasteiger partial charge on any atom is 0.0725 e. The molecule has 0 bridgehead atoms. The van der Waals surface area contributed by atoms with E-state index in [0.29, 0.717) is 0 Å². The average Bonchev–Trinajstić information content (AvgIpc) is 1.51. The van der Waals surface area contributed by atoms with Crippen LogP contribution in [0.25, 0.3) is 134 Å². The molecule has 0 aliphatic heterocycles. The van der Waals surface area contributed by atoms with Crippen molar-refractivity contribution in [3.8, 4) is 134 Å². The first-order valence-corrected chi connectivity index (χ1v) is 34.2. The highest BCUT2D eigenvalue weighted by molar-refractivity contribution is 6.01. The summed E-state index contributed by atoms with van der Waals surface area (Å²) < 4.78 is 0. The normalized spacial score (nSPS) is 13.1. The number of rotatable bonds is 11. The smallest absolute Gasteiger partial charge is 0.0622 e. The molecule has 16 aromatic rings. The van der Waals surface area contributed by atoms with Crippen molar-refractivity contribution in [2.24, 2.45) is 0 Å². The van der Waals surface area contributed by atoms with E-state index in [-0.39, 0.29) is 0 Å². The molecule has 456 valence electrons. The van der Waals surface area contributed by atoms with Gasteiger partial charge in [-0.05, 0) is 239 Å². The molecule has 0 aromatic heterocycles. The van der Waals surface area contributed by atoms with E-state index in [1.165, 1.54) is 178 Å². The third-order valence-electron chi connectivity index (χ3n) is 21.3. The summed E-state index contributed by atoms with van der Waals surface area (Å²) in [7, 11) is 0. The molecule has 0 heteroatoms. The SMILES string of the molecule is c1ccc(-c2cc(-c3cccc(-c4cccc(-c5cccc(-c6cccc(-c7ccc8c(c7)C(c7cccc(-c9ccccc9)c7)(c7cccc(-c9ccccc9)c7)c7ccccc7-8)c6)c5)c4)c3)cc(-c3cccc4c3-c3ccccc3C43c4ccccc4-c4ccccc43)c2)cc1. The third-order valence-corrected chi connectivity index (χ3v) is 21.3. The molecule has 16 aromatic carbocycles. The van der Waals surface area contributed by atoms with Gasteiger partial charge in [0, 0.05) is 0 Å². The molecule has 0 saturated heterocycles. The van der Waals surface area contributed by atoms with Gasteiger partial charge >= 0.3 is 0 Å². The topological polar surface area (TPSA) is 0 Å². The second kappa shape index (κ2) is 23.2. The van der Waals surface area contributed by atoms with E-state index in [1.807, 2.05) is 0 Å². The van der Waals surface area contributed by atoms with E-state index >= 15 is 0 Å². The quantitative estimate of drug-likeness (QED) is 0.121. The molecule has 0 saturated carbocycles. The Hall–Kier alpha value is -12.5. The summed E-state index contributed by atoms with van der Waals surface area (Å²) in [5.41, 5.74) is 38.5. The van der Waals surface area contributed by atoms with Crippen LogP contribution >= 0.6 is 0 Å². The molecule has 3 aliphatic carbocycles. The number of fused-ring (bicyclic) bond motifs is 13. The number of benzene rings is 16. The highest BCUT2D eigenvalue weighted by atomic mass is 14.5. The van der Waals surface area contributed by atoms with Crippen LogP contribution in [0.2, 0.25) is 0 Å². The van der Waals surface area contributed by atoms with Crippen LogP contribution in [0.4, 0.5) is 0 Å². The molecule has 0 atom stereocenters. The predicted molar refractivity (Wildman–Crippen MR) is 409 cm³/mol. The second-order valence-electron chi connectivity index (χ2n) is 26.6. The Bertz CT molecular complexity index is 5680. The zero-order chi connectivity index (χ0) is 64.7. The summed E-state index contributed by atoms with van der Waals surface area (Å²) in [6, 6.07) is 145. The first kappa shape index (κ1) is 57.0. The fourth-order valence-corrected chi connectivity index (χ4v) is 17.0. The second-order valence-corrected chi connectivity index (χ2v) is 26.6. The Morgan fingerprint density at radius 1 is 0.122 bits per heavy atom. The van der Waals surface area contributed by atoms with Crippen molar-refractivity contribution in [2.45, 2.75) is 10.8 Å². The van der Waals surface area contributed by atoms with Crippen LogP contribution in [-0.4, -0.2) is 0 Å². The Kier molecular flexibility index (Phi) is 13.5. The van der Waals surface area contributed by atoms with Gasteiger partial charge < -0.3 is 0 Å². The largest absolute Gasteiger partial charge is 0.0725 e. The molecular weight excluding hydrogens is 1180 g/mol. The lowest BCUT2D eigenvalue weighted by Crippen LogP contribution is -2.28. The van der Waals surface area contributed by atoms with Crippen molar-refractivity contribution < 1.29 is 0 Å². The van der Waals surface area contributed by atoms with Crippen molar-refractivity contribution in [1.29, 1.82) is 0 Å². The van der Waals surface area contributed by atoms with E-state index in [2.05, 4.69) is 388 Å². The van der Waals surface area contributed by atoms with Crippen molar-refractivity contribution in [2.75, 3.05) is 0 Å². The molecule has 1 spiro atoms. The summed E-state index contributed by atoms with van der Waals surface area (Å²) in [5.74, 6) is 0. The summed E-state index contributed by atoms with van der Waals surface area (Å²) in [6.45, 7) is 0. The molecule has 0 amide bonds. The summed E-state index contributed by atoms with van der Waals surface area (Å²) in [4.78, 5) is 0. The van der Waals surface area contributed by atoms with Crippen LogP contribution in [-0.2, 0) is 10.8 Å². The Balaban J connectivity index is 0.676. The fourth-order valence-electron chi connectivity index (χ4n) is 17.0. The van der Waals surface area contributed by atoms with Crippen LogP contribution in [0.5, 0.6) is 0 Å².